The summed E-state index contributed by atoms with van der Waals surface area (Å²) in [6, 6.07) is 3.02. The average Bonchev–Trinajstić information content (AvgIpc) is 2.41. The Kier molecular flexibility index (Phi) is 3.53. The summed E-state index contributed by atoms with van der Waals surface area (Å²) in [5.41, 5.74) is -0.659. The Bertz CT molecular complexity index is 643. The molecule has 2 rings (SSSR count). The molecule has 2 heterocycles. The molecule has 0 bridgehead atoms. The first-order chi connectivity index (χ1) is 8.63. The van der Waals surface area contributed by atoms with Gasteiger partial charge in [0.05, 0.1) is 28.4 Å². The SMILES string of the molecule is CC1(C)CS(=O)(=O)N(Cc2nc(Cl)ccc2Cl)C1=O. The van der Waals surface area contributed by atoms with E-state index in [0.717, 1.165) is 4.31 Å². The first-order valence-corrected chi connectivity index (χ1v) is 7.86. The number of pyridine rings is 1. The van der Waals surface area contributed by atoms with Gasteiger partial charge in [-0.05, 0) is 26.0 Å². The Hall–Kier alpha value is -0.850. The predicted molar refractivity (Wildman–Crippen MR) is 72.4 cm³/mol. The van der Waals surface area contributed by atoms with Gasteiger partial charge < -0.3 is 0 Å². The van der Waals surface area contributed by atoms with Crippen molar-refractivity contribution in [2.45, 2.75) is 20.4 Å². The van der Waals surface area contributed by atoms with Crippen LogP contribution in [0.5, 0.6) is 0 Å². The monoisotopic (exact) mass is 322 g/mol. The zero-order chi connectivity index (χ0) is 14.4. The Labute approximate surface area is 121 Å². The molecule has 19 heavy (non-hydrogen) atoms. The van der Waals surface area contributed by atoms with Crippen LogP contribution in [0.25, 0.3) is 0 Å². The van der Waals surface area contributed by atoms with E-state index in [-0.39, 0.29) is 28.2 Å². The van der Waals surface area contributed by atoms with Crippen LogP contribution < -0.4 is 0 Å². The lowest BCUT2D eigenvalue weighted by Gasteiger charge is -2.17. The number of carbonyl (C=O) groups is 1. The number of amides is 1. The maximum atomic E-state index is 12.1. The van der Waals surface area contributed by atoms with Crippen LogP contribution in [0.4, 0.5) is 0 Å². The zero-order valence-corrected chi connectivity index (χ0v) is 12.7. The van der Waals surface area contributed by atoms with Gasteiger partial charge >= 0.3 is 0 Å². The molecule has 104 valence electrons. The minimum atomic E-state index is -3.63. The molecule has 1 aromatic rings. The number of aromatic nitrogens is 1. The molecule has 0 aliphatic carbocycles. The molecule has 1 aliphatic rings. The molecule has 0 radical (unpaired) electrons. The third-order valence-electron chi connectivity index (χ3n) is 2.86. The van der Waals surface area contributed by atoms with Gasteiger partial charge in [0.15, 0.2) is 0 Å². The number of hydrogen-bond acceptors (Lipinski definition) is 4. The first-order valence-electron chi connectivity index (χ1n) is 5.49. The fraction of sp³-hybridized carbons (Fsp3) is 0.455. The summed E-state index contributed by atoms with van der Waals surface area (Å²) in [5, 5.41) is 0.472. The number of halogens is 2. The summed E-state index contributed by atoms with van der Waals surface area (Å²) in [6.07, 6.45) is 0. The van der Waals surface area contributed by atoms with Crippen LogP contribution in [-0.4, -0.2) is 29.4 Å². The van der Waals surface area contributed by atoms with Gasteiger partial charge in [-0.15, -0.1) is 0 Å². The van der Waals surface area contributed by atoms with Crippen LogP contribution in [0.2, 0.25) is 10.2 Å². The van der Waals surface area contributed by atoms with E-state index in [1.165, 1.54) is 12.1 Å². The maximum absolute atomic E-state index is 12.1. The Morgan fingerprint density at radius 3 is 2.53 bits per heavy atom. The number of hydrogen-bond donors (Lipinski definition) is 0. The Morgan fingerprint density at radius 1 is 1.37 bits per heavy atom. The van der Waals surface area contributed by atoms with E-state index in [2.05, 4.69) is 4.98 Å². The highest BCUT2D eigenvalue weighted by molar-refractivity contribution is 7.90. The quantitative estimate of drug-likeness (QED) is 0.782. The van der Waals surface area contributed by atoms with E-state index in [4.69, 9.17) is 23.2 Å². The summed E-state index contributed by atoms with van der Waals surface area (Å²) in [4.78, 5) is 16.0. The van der Waals surface area contributed by atoms with Crippen molar-refractivity contribution in [3.8, 4) is 0 Å². The second kappa shape index (κ2) is 4.61. The average molecular weight is 323 g/mol. The molecule has 0 saturated carbocycles. The van der Waals surface area contributed by atoms with E-state index in [9.17, 15) is 13.2 Å². The highest BCUT2D eigenvalue weighted by Crippen LogP contribution is 2.33. The largest absolute Gasteiger partial charge is 0.273 e. The normalized spacial score (nSPS) is 20.8. The first kappa shape index (κ1) is 14.6. The van der Waals surface area contributed by atoms with Crippen LogP contribution in [0.3, 0.4) is 0 Å². The van der Waals surface area contributed by atoms with Crippen molar-refractivity contribution in [1.82, 2.24) is 9.29 Å². The lowest BCUT2D eigenvalue weighted by atomic mass is 9.95. The summed E-state index contributed by atoms with van der Waals surface area (Å²) in [5.74, 6) is -0.665. The molecule has 1 amide bonds. The maximum Gasteiger partial charge on any atom is 0.243 e. The van der Waals surface area contributed by atoms with Gasteiger partial charge in [0.1, 0.15) is 5.15 Å². The molecule has 5 nitrogen and oxygen atoms in total. The Morgan fingerprint density at radius 2 is 2.00 bits per heavy atom. The minimum absolute atomic E-state index is 0.190. The minimum Gasteiger partial charge on any atom is -0.273 e. The van der Waals surface area contributed by atoms with E-state index >= 15 is 0 Å². The predicted octanol–water partition coefficient (Wildman–Crippen LogP) is 2.09. The van der Waals surface area contributed by atoms with Crippen molar-refractivity contribution in [3.63, 3.8) is 0 Å². The molecule has 0 unspecified atom stereocenters. The van der Waals surface area contributed by atoms with E-state index < -0.39 is 21.3 Å². The van der Waals surface area contributed by atoms with Crippen molar-refractivity contribution in [1.29, 1.82) is 0 Å². The molecule has 8 heteroatoms. The molecular weight excluding hydrogens is 311 g/mol. The molecule has 1 saturated heterocycles. The molecule has 0 atom stereocenters. The fourth-order valence-electron chi connectivity index (χ4n) is 1.93. The van der Waals surface area contributed by atoms with Crippen molar-refractivity contribution in [2.24, 2.45) is 5.41 Å². The number of rotatable bonds is 2. The summed E-state index contributed by atoms with van der Waals surface area (Å²) >= 11 is 11.7. The van der Waals surface area contributed by atoms with Crippen LogP contribution in [0.1, 0.15) is 19.5 Å². The molecule has 0 N–H and O–H groups in total. The topological polar surface area (TPSA) is 67.3 Å². The molecule has 1 fully saturated rings. The number of carbonyl (C=O) groups excluding carboxylic acids is 1. The zero-order valence-electron chi connectivity index (χ0n) is 10.4. The fourth-order valence-corrected chi connectivity index (χ4v) is 4.27. The van der Waals surface area contributed by atoms with Gasteiger partial charge in [-0.2, -0.15) is 0 Å². The summed E-state index contributed by atoms with van der Waals surface area (Å²) < 4.78 is 24.8. The Balaban J connectivity index is 2.38. The van der Waals surface area contributed by atoms with Gasteiger partial charge in [-0.1, -0.05) is 23.2 Å². The third-order valence-corrected chi connectivity index (χ3v) is 5.47. The number of nitrogens with zero attached hydrogens (tertiary/aromatic N) is 2. The highest BCUT2D eigenvalue weighted by atomic mass is 35.5. The summed E-state index contributed by atoms with van der Waals surface area (Å²) in [6.45, 7) is 3.00. The van der Waals surface area contributed by atoms with Crippen molar-refractivity contribution >= 4 is 39.1 Å². The van der Waals surface area contributed by atoms with Crippen molar-refractivity contribution < 1.29 is 13.2 Å². The van der Waals surface area contributed by atoms with Gasteiger partial charge in [0, 0.05) is 0 Å². The van der Waals surface area contributed by atoms with Gasteiger partial charge in [0.25, 0.3) is 0 Å². The van der Waals surface area contributed by atoms with Gasteiger partial charge in [-0.25, -0.2) is 17.7 Å². The third kappa shape index (κ3) is 2.70. The van der Waals surface area contributed by atoms with Crippen LogP contribution in [0.15, 0.2) is 12.1 Å². The smallest absolute Gasteiger partial charge is 0.243 e. The van der Waals surface area contributed by atoms with Crippen LogP contribution in [-0.2, 0) is 21.4 Å². The molecule has 1 aromatic heterocycles. The van der Waals surface area contributed by atoms with Gasteiger partial charge in [-0.3, -0.25) is 4.79 Å². The van der Waals surface area contributed by atoms with E-state index in [1.54, 1.807) is 13.8 Å². The van der Waals surface area contributed by atoms with Crippen molar-refractivity contribution in [2.75, 3.05) is 5.75 Å². The molecule has 0 aromatic carbocycles. The highest BCUT2D eigenvalue weighted by Gasteiger charge is 2.49. The van der Waals surface area contributed by atoms with Crippen LogP contribution >= 0.6 is 23.2 Å². The van der Waals surface area contributed by atoms with E-state index in [1.807, 2.05) is 0 Å². The lowest BCUT2D eigenvalue weighted by Crippen LogP contribution is -2.32. The van der Waals surface area contributed by atoms with Crippen molar-refractivity contribution in [3.05, 3.63) is 28.0 Å². The second-order valence-corrected chi connectivity index (χ2v) is 7.70. The van der Waals surface area contributed by atoms with Crippen LogP contribution in [0, 0.1) is 5.41 Å². The molecule has 1 aliphatic heterocycles. The summed E-state index contributed by atoms with van der Waals surface area (Å²) in [7, 11) is -3.63. The lowest BCUT2D eigenvalue weighted by molar-refractivity contribution is -0.132. The van der Waals surface area contributed by atoms with Gasteiger partial charge in [0.2, 0.25) is 15.9 Å². The standard InChI is InChI=1S/C11H12Cl2N2O3S/c1-11(2)6-19(17,18)15(10(11)16)5-8-7(12)3-4-9(13)14-8/h3-4H,5-6H2,1-2H3. The van der Waals surface area contributed by atoms with E-state index in [0.29, 0.717) is 0 Å². The molecule has 0 spiro atoms. The number of sulfonamides is 1. The second-order valence-electron chi connectivity index (χ2n) is 5.01. The molecular formula is C11H12Cl2N2O3S.